The Bertz CT molecular complexity index is 662. The van der Waals surface area contributed by atoms with Crippen molar-refractivity contribution in [2.45, 2.75) is 26.4 Å². The van der Waals surface area contributed by atoms with Crippen LogP contribution in [0.5, 0.6) is 11.5 Å². The maximum Gasteiger partial charge on any atom is 0.313 e. The molecule has 2 aromatic rings. The Kier molecular flexibility index (Phi) is 5.63. The van der Waals surface area contributed by atoms with Gasteiger partial charge in [-0.2, -0.15) is 0 Å². The van der Waals surface area contributed by atoms with E-state index < -0.39 is 0 Å². The van der Waals surface area contributed by atoms with Gasteiger partial charge in [0.15, 0.2) is 0 Å². The molecule has 0 N–H and O–H groups in total. The minimum absolute atomic E-state index is 0.246. The Hall–Kier alpha value is -2.49. The van der Waals surface area contributed by atoms with Crippen LogP contribution in [-0.2, 0) is 16.1 Å². The van der Waals surface area contributed by atoms with Crippen LogP contribution in [0.3, 0.4) is 0 Å². The number of ether oxygens (including phenoxy) is 3. The number of esters is 1. The van der Waals surface area contributed by atoms with Crippen molar-refractivity contribution in [1.29, 1.82) is 0 Å². The van der Waals surface area contributed by atoms with Gasteiger partial charge < -0.3 is 14.2 Å². The van der Waals surface area contributed by atoms with E-state index >= 15 is 0 Å². The van der Waals surface area contributed by atoms with Crippen molar-refractivity contribution in [2.75, 3.05) is 14.2 Å². The van der Waals surface area contributed by atoms with Gasteiger partial charge in [-0.15, -0.1) is 0 Å². The number of benzene rings is 2. The predicted octanol–water partition coefficient (Wildman–Crippen LogP) is 3.86. The molecule has 0 unspecified atom stereocenters. The van der Waals surface area contributed by atoms with Crippen LogP contribution < -0.4 is 9.47 Å². The molecule has 0 aliphatic heterocycles. The van der Waals surface area contributed by atoms with E-state index in [1.54, 1.807) is 14.2 Å². The number of hydrogen-bond donors (Lipinski definition) is 0. The van der Waals surface area contributed by atoms with E-state index in [2.05, 4.69) is 0 Å². The van der Waals surface area contributed by atoms with Crippen LogP contribution in [0.25, 0.3) is 0 Å². The molecule has 0 aromatic heterocycles. The van der Waals surface area contributed by atoms with Gasteiger partial charge in [-0.1, -0.05) is 24.3 Å². The lowest BCUT2D eigenvalue weighted by atomic mass is 9.99. The molecule has 0 aliphatic carbocycles. The van der Waals surface area contributed by atoms with Crippen LogP contribution >= 0.6 is 0 Å². The highest BCUT2D eigenvalue weighted by atomic mass is 16.5. The topological polar surface area (TPSA) is 44.8 Å². The van der Waals surface area contributed by atoms with Crippen molar-refractivity contribution >= 4 is 5.97 Å². The normalized spacial score (nSPS) is 11.7. The van der Waals surface area contributed by atoms with E-state index in [9.17, 15) is 4.79 Å². The van der Waals surface area contributed by atoms with E-state index in [1.807, 2.05) is 56.3 Å². The standard InChI is InChI=1S/C19H22O4/c1-13-5-8-16(11-18(13)22-4)14(2)19(20)23-12-15-6-9-17(21-3)10-7-15/h5-11,14H,12H2,1-4H3/t14-/m0/s1. The highest BCUT2D eigenvalue weighted by molar-refractivity contribution is 5.78. The Labute approximate surface area is 137 Å². The molecule has 23 heavy (non-hydrogen) atoms. The van der Waals surface area contributed by atoms with E-state index in [1.165, 1.54) is 0 Å². The molecule has 2 rings (SSSR count). The molecule has 0 spiro atoms. The third kappa shape index (κ3) is 4.25. The largest absolute Gasteiger partial charge is 0.497 e. The van der Waals surface area contributed by atoms with Crippen molar-refractivity contribution in [1.82, 2.24) is 0 Å². The second-order valence-corrected chi connectivity index (χ2v) is 5.41. The summed E-state index contributed by atoms with van der Waals surface area (Å²) < 4.78 is 15.8. The van der Waals surface area contributed by atoms with Crippen molar-refractivity contribution in [3.63, 3.8) is 0 Å². The Morgan fingerprint density at radius 1 is 1.04 bits per heavy atom. The fourth-order valence-corrected chi connectivity index (χ4v) is 2.24. The van der Waals surface area contributed by atoms with Crippen LogP contribution in [0.2, 0.25) is 0 Å². The first-order valence-electron chi connectivity index (χ1n) is 7.49. The molecule has 0 heterocycles. The quantitative estimate of drug-likeness (QED) is 0.760. The Morgan fingerprint density at radius 3 is 2.35 bits per heavy atom. The first kappa shape index (κ1) is 16.9. The molecular weight excluding hydrogens is 292 g/mol. The zero-order valence-electron chi connectivity index (χ0n) is 14.0. The second kappa shape index (κ2) is 7.68. The zero-order valence-corrected chi connectivity index (χ0v) is 14.0. The molecule has 4 nitrogen and oxygen atoms in total. The Balaban J connectivity index is 1.99. The third-order valence-electron chi connectivity index (χ3n) is 3.83. The maximum atomic E-state index is 12.2. The van der Waals surface area contributed by atoms with Gasteiger partial charge in [0, 0.05) is 0 Å². The summed E-state index contributed by atoms with van der Waals surface area (Å²) in [5.74, 6) is 0.951. The summed E-state index contributed by atoms with van der Waals surface area (Å²) in [5, 5.41) is 0. The number of carbonyl (C=O) groups is 1. The lowest BCUT2D eigenvalue weighted by Crippen LogP contribution is -2.13. The summed E-state index contributed by atoms with van der Waals surface area (Å²) in [6, 6.07) is 13.2. The summed E-state index contributed by atoms with van der Waals surface area (Å²) in [6.07, 6.45) is 0. The molecule has 0 amide bonds. The van der Waals surface area contributed by atoms with Gasteiger partial charge in [0.1, 0.15) is 18.1 Å². The van der Waals surface area contributed by atoms with Gasteiger partial charge in [-0.3, -0.25) is 4.79 Å². The number of methoxy groups -OCH3 is 2. The van der Waals surface area contributed by atoms with Gasteiger partial charge in [0.2, 0.25) is 0 Å². The molecule has 122 valence electrons. The summed E-state index contributed by atoms with van der Waals surface area (Å²) >= 11 is 0. The van der Waals surface area contributed by atoms with Crippen molar-refractivity contribution in [3.05, 3.63) is 59.2 Å². The van der Waals surface area contributed by atoms with Gasteiger partial charge in [-0.05, 0) is 48.7 Å². The summed E-state index contributed by atoms with van der Waals surface area (Å²) in [6.45, 7) is 4.05. The Morgan fingerprint density at radius 2 is 1.74 bits per heavy atom. The first-order chi connectivity index (χ1) is 11.0. The highest BCUT2D eigenvalue weighted by Crippen LogP contribution is 2.25. The lowest BCUT2D eigenvalue weighted by Gasteiger charge is -2.14. The molecule has 1 atom stereocenters. The monoisotopic (exact) mass is 314 g/mol. The fraction of sp³-hybridized carbons (Fsp3) is 0.316. The second-order valence-electron chi connectivity index (χ2n) is 5.41. The summed E-state index contributed by atoms with van der Waals surface area (Å²) in [5.41, 5.74) is 2.84. The third-order valence-corrected chi connectivity index (χ3v) is 3.83. The predicted molar refractivity (Wildman–Crippen MR) is 88.9 cm³/mol. The van der Waals surface area contributed by atoms with E-state index in [0.717, 1.165) is 28.2 Å². The van der Waals surface area contributed by atoms with Gasteiger partial charge >= 0.3 is 5.97 Å². The number of rotatable bonds is 6. The highest BCUT2D eigenvalue weighted by Gasteiger charge is 2.18. The fourth-order valence-electron chi connectivity index (χ4n) is 2.24. The molecule has 4 heteroatoms. The van der Waals surface area contributed by atoms with Crippen LogP contribution in [-0.4, -0.2) is 20.2 Å². The SMILES string of the molecule is COc1ccc(COC(=O)[C@@H](C)c2ccc(C)c(OC)c2)cc1. The van der Waals surface area contributed by atoms with Crippen LogP contribution in [0.15, 0.2) is 42.5 Å². The molecule has 0 saturated heterocycles. The first-order valence-corrected chi connectivity index (χ1v) is 7.49. The number of aryl methyl sites for hydroxylation is 1. The molecule has 2 aromatic carbocycles. The molecule has 0 fully saturated rings. The van der Waals surface area contributed by atoms with E-state index in [-0.39, 0.29) is 18.5 Å². The molecule has 0 saturated carbocycles. The van der Waals surface area contributed by atoms with E-state index in [0.29, 0.717) is 0 Å². The van der Waals surface area contributed by atoms with Gasteiger partial charge in [0.25, 0.3) is 0 Å². The molecule has 0 radical (unpaired) electrons. The average molecular weight is 314 g/mol. The molecule has 0 bridgehead atoms. The average Bonchev–Trinajstić information content (AvgIpc) is 2.59. The number of carbonyl (C=O) groups excluding carboxylic acids is 1. The zero-order chi connectivity index (χ0) is 16.8. The van der Waals surface area contributed by atoms with Crippen molar-refractivity contribution < 1.29 is 19.0 Å². The van der Waals surface area contributed by atoms with Crippen LogP contribution in [0, 0.1) is 6.92 Å². The lowest BCUT2D eigenvalue weighted by molar-refractivity contribution is -0.146. The molecule has 0 aliphatic rings. The summed E-state index contributed by atoms with van der Waals surface area (Å²) in [4.78, 5) is 12.2. The minimum atomic E-state index is -0.345. The van der Waals surface area contributed by atoms with Crippen LogP contribution in [0.1, 0.15) is 29.5 Å². The van der Waals surface area contributed by atoms with Crippen LogP contribution in [0.4, 0.5) is 0 Å². The van der Waals surface area contributed by atoms with Crippen molar-refractivity contribution in [3.8, 4) is 11.5 Å². The van der Waals surface area contributed by atoms with Gasteiger partial charge in [-0.25, -0.2) is 0 Å². The molecular formula is C19H22O4. The van der Waals surface area contributed by atoms with E-state index in [4.69, 9.17) is 14.2 Å². The smallest absolute Gasteiger partial charge is 0.313 e. The number of hydrogen-bond acceptors (Lipinski definition) is 4. The minimum Gasteiger partial charge on any atom is -0.497 e. The van der Waals surface area contributed by atoms with Gasteiger partial charge in [0.05, 0.1) is 20.1 Å². The summed E-state index contributed by atoms with van der Waals surface area (Å²) in [7, 11) is 3.24. The van der Waals surface area contributed by atoms with Crippen molar-refractivity contribution in [2.24, 2.45) is 0 Å². The maximum absolute atomic E-state index is 12.2.